The van der Waals surface area contributed by atoms with Crippen LogP contribution in [-0.4, -0.2) is 23.1 Å². The molecule has 1 saturated heterocycles. The third kappa shape index (κ3) is 2.38. The summed E-state index contributed by atoms with van der Waals surface area (Å²) in [5.74, 6) is 3.75. The standard InChI is InChI=1S/C11H16O2S/c12-10-4-9(5-11(13)6-10)8-2-1-3-14-7-8/h8-9H,1-7H2. The number of carbonyl (C=O) groups is 2. The molecule has 1 saturated carbocycles. The van der Waals surface area contributed by atoms with E-state index in [9.17, 15) is 9.59 Å². The summed E-state index contributed by atoms with van der Waals surface area (Å²) < 4.78 is 0. The van der Waals surface area contributed by atoms with Gasteiger partial charge in [-0.15, -0.1) is 0 Å². The van der Waals surface area contributed by atoms with E-state index < -0.39 is 0 Å². The first-order valence-electron chi connectivity index (χ1n) is 5.37. The van der Waals surface area contributed by atoms with Gasteiger partial charge in [-0.1, -0.05) is 0 Å². The highest BCUT2D eigenvalue weighted by atomic mass is 32.2. The molecule has 1 unspecified atom stereocenters. The van der Waals surface area contributed by atoms with Crippen LogP contribution < -0.4 is 0 Å². The van der Waals surface area contributed by atoms with Gasteiger partial charge in [0.25, 0.3) is 0 Å². The molecule has 3 heteroatoms. The van der Waals surface area contributed by atoms with E-state index in [2.05, 4.69) is 0 Å². The molecule has 0 spiro atoms. The number of ketones is 2. The molecule has 0 radical (unpaired) electrons. The fourth-order valence-electron chi connectivity index (χ4n) is 2.49. The molecule has 1 aliphatic carbocycles. The zero-order valence-electron chi connectivity index (χ0n) is 8.33. The highest BCUT2D eigenvalue weighted by Gasteiger charge is 2.31. The van der Waals surface area contributed by atoms with Crippen LogP contribution >= 0.6 is 11.8 Å². The predicted molar refractivity (Wildman–Crippen MR) is 57.4 cm³/mol. The van der Waals surface area contributed by atoms with Crippen molar-refractivity contribution in [3.05, 3.63) is 0 Å². The Hall–Kier alpha value is -0.310. The van der Waals surface area contributed by atoms with Crippen molar-refractivity contribution < 1.29 is 9.59 Å². The molecule has 0 aromatic carbocycles. The summed E-state index contributed by atoms with van der Waals surface area (Å²) in [6.07, 6.45) is 4.01. The van der Waals surface area contributed by atoms with Crippen LogP contribution in [0.25, 0.3) is 0 Å². The Morgan fingerprint density at radius 1 is 1.07 bits per heavy atom. The summed E-state index contributed by atoms with van der Waals surface area (Å²) >= 11 is 1.98. The molecule has 0 aromatic rings. The lowest BCUT2D eigenvalue weighted by molar-refractivity contribution is -0.132. The predicted octanol–water partition coefficient (Wildman–Crippen LogP) is 2.07. The lowest BCUT2D eigenvalue weighted by Gasteiger charge is -2.31. The number of thioether (sulfide) groups is 1. The first kappa shape index (κ1) is 10.2. The van der Waals surface area contributed by atoms with Gasteiger partial charge < -0.3 is 0 Å². The van der Waals surface area contributed by atoms with Crippen molar-refractivity contribution in [3.63, 3.8) is 0 Å². The summed E-state index contributed by atoms with van der Waals surface area (Å²) in [4.78, 5) is 22.6. The molecule has 2 aliphatic rings. The molecule has 1 aliphatic heterocycles. The Bertz CT molecular complexity index is 228. The minimum atomic E-state index is 0.168. The molecular formula is C11H16O2S. The Kier molecular flexibility index (Phi) is 3.26. The monoisotopic (exact) mass is 212 g/mol. The van der Waals surface area contributed by atoms with E-state index >= 15 is 0 Å². The van der Waals surface area contributed by atoms with Crippen LogP contribution in [0.3, 0.4) is 0 Å². The summed E-state index contributed by atoms with van der Waals surface area (Å²) in [5, 5.41) is 0. The van der Waals surface area contributed by atoms with Crippen molar-refractivity contribution in [2.24, 2.45) is 11.8 Å². The maximum absolute atomic E-state index is 11.3. The lowest BCUT2D eigenvalue weighted by atomic mass is 9.78. The van der Waals surface area contributed by atoms with Gasteiger partial charge in [-0.25, -0.2) is 0 Å². The molecule has 1 heterocycles. The van der Waals surface area contributed by atoms with Crippen LogP contribution in [0.2, 0.25) is 0 Å². The quantitative estimate of drug-likeness (QED) is 0.624. The van der Waals surface area contributed by atoms with Crippen LogP contribution in [0.4, 0.5) is 0 Å². The van der Waals surface area contributed by atoms with Crippen LogP contribution in [0.15, 0.2) is 0 Å². The van der Waals surface area contributed by atoms with Gasteiger partial charge in [-0.3, -0.25) is 9.59 Å². The normalized spacial score (nSPS) is 30.7. The van der Waals surface area contributed by atoms with Crippen LogP contribution in [-0.2, 0) is 9.59 Å². The average Bonchev–Trinajstić information content (AvgIpc) is 2.18. The Balaban J connectivity index is 1.95. The number of carbonyl (C=O) groups excluding carboxylic acids is 2. The topological polar surface area (TPSA) is 34.1 Å². The highest BCUT2D eigenvalue weighted by Crippen LogP contribution is 2.34. The second-order valence-electron chi connectivity index (χ2n) is 4.40. The van der Waals surface area contributed by atoms with Crippen LogP contribution in [0.1, 0.15) is 32.1 Å². The number of rotatable bonds is 1. The largest absolute Gasteiger partial charge is 0.299 e. The van der Waals surface area contributed by atoms with Crippen molar-refractivity contribution in [1.82, 2.24) is 0 Å². The summed E-state index contributed by atoms with van der Waals surface area (Å²) in [6.45, 7) is 0. The minimum absolute atomic E-state index is 0.168. The van der Waals surface area contributed by atoms with Gasteiger partial charge in [0.1, 0.15) is 11.6 Å². The van der Waals surface area contributed by atoms with Gasteiger partial charge >= 0.3 is 0 Å². The molecule has 0 aromatic heterocycles. The molecule has 2 fully saturated rings. The molecule has 14 heavy (non-hydrogen) atoms. The van der Waals surface area contributed by atoms with Crippen LogP contribution in [0.5, 0.6) is 0 Å². The zero-order valence-corrected chi connectivity index (χ0v) is 9.15. The average molecular weight is 212 g/mol. The van der Waals surface area contributed by atoms with Crippen molar-refractivity contribution >= 4 is 23.3 Å². The van der Waals surface area contributed by atoms with Gasteiger partial charge in [-0.2, -0.15) is 11.8 Å². The van der Waals surface area contributed by atoms with Gasteiger partial charge in [0.15, 0.2) is 0 Å². The highest BCUT2D eigenvalue weighted by molar-refractivity contribution is 7.99. The van der Waals surface area contributed by atoms with E-state index in [1.807, 2.05) is 11.8 Å². The van der Waals surface area contributed by atoms with E-state index in [1.54, 1.807) is 0 Å². The Labute approximate surface area is 88.8 Å². The smallest absolute Gasteiger partial charge is 0.140 e. The number of hydrogen-bond donors (Lipinski definition) is 0. The summed E-state index contributed by atoms with van der Waals surface area (Å²) in [7, 11) is 0. The van der Waals surface area contributed by atoms with E-state index in [4.69, 9.17) is 0 Å². The van der Waals surface area contributed by atoms with E-state index in [0.717, 1.165) is 5.75 Å². The zero-order chi connectivity index (χ0) is 9.97. The van der Waals surface area contributed by atoms with E-state index in [1.165, 1.54) is 18.6 Å². The minimum Gasteiger partial charge on any atom is -0.299 e. The lowest BCUT2D eigenvalue weighted by Crippen LogP contribution is -2.30. The summed E-state index contributed by atoms with van der Waals surface area (Å²) in [6, 6.07) is 0. The molecule has 2 nitrogen and oxygen atoms in total. The van der Waals surface area contributed by atoms with Crippen molar-refractivity contribution in [1.29, 1.82) is 0 Å². The Morgan fingerprint density at radius 2 is 1.79 bits per heavy atom. The molecule has 0 bridgehead atoms. The molecule has 0 amide bonds. The first-order valence-corrected chi connectivity index (χ1v) is 6.52. The Morgan fingerprint density at radius 3 is 2.36 bits per heavy atom. The van der Waals surface area contributed by atoms with Gasteiger partial charge in [-0.05, 0) is 36.2 Å². The molecule has 1 atom stereocenters. The van der Waals surface area contributed by atoms with Crippen molar-refractivity contribution in [2.45, 2.75) is 32.1 Å². The third-order valence-electron chi connectivity index (χ3n) is 3.24. The maximum Gasteiger partial charge on any atom is 0.140 e. The second-order valence-corrected chi connectivity index (χ2v) is 5.55. The van der Waals surface area contributed by atoms with Crippen molar-refractivity contribution in [2.75, 3.05) is 11.5 Å². The molecule has 78 valence electrons. The number of Topliss-reactive ketones (excluding diaryl/α,β-unsaturated/α-hetero) is 2. The molecule has 2 rings (SSSR count). The number of hydrogen-bond acceptors (Lipinski definition) is 3. The van der Waals surface area contributed by atoms with Gasteiger partial charge in [0, 0.05) is 12.8 Å². The second kappa shape index (κ2) is 4.47. The first-order chi connectivity index (χ1) is 6.75. The van der Waals surface area contributed by atoms with Gasteiger partial charge in [0.05, 0.1) is 6.42 Å². The fraction of sp³-hybridized carbons (Fsp3) is 0.818. The maximum atomic E-state index is 11.3. The SMILES string of the molecule is O=C1CC(=O)CC(C2CCCSC2)C1. The van der Waals surface area contributed by atoms with E-state index in [-0.39, 0.29) is 18.0 Å². The van der Waals surface area contributed by atoms with E-state index in [0.29, 0.717) is 24.7 Å². The fourth-order valence-corrected chi connectivity index (χ4v) is 3.77. The van der Waals surface area contributed by atoms with Crippen molar-refractivity contribution in [3.8, 4) is 0 Å². The van der Waals surface area contributed by atoms with Gasteiger partial charge in [0.2, 0.25) is 0 Å². The molecular weight excluding hydrogens is 196 g/mol. The molecule has 0 N–H and O–H groups in total. The summed E-state index contributed by atoms with van der Waals surface area (Å²) in [5.41, 5.74) is 0. The third-order valence-corrected chi connectivity index (χ3v) is 4.48. The van der Waals surface area contributed by atoms with Crippen LogP contribution in [0, 0.1) is 11.8 Å².